The second-order valence-corrected chi connectivity index (χ2v) is 8.37. The quantitative estimate of drug-likeness (QED) is 0.324. The van der Waals surface area contributed by atoms with Crippen molar-refractivity contribution in [3.05, 3.63) is 109 Å². The standard InChI is InChI=1S/C27H19NO4S/c29-26(28-22-10-4-6-12-24(22)33-25-13-7-5-11-23(25)28)18-31-27(30)19-14-16-21(17-15-19)32-20-8-2-1-3-9-20/h1-17H,18H2. The van der Waals surface area contributed by atoms with Crippen molar-refractivity contribution >= 4 is 35.0 Å². The van der Waals surface area contributed by atoms with Crippen molar-refractivity contribution in [2.75, 3.05) is 11.5 Å². The fourth-order valence-electron chi connectivity index (χ4n) is 3.53. The minimum absolute atomic E-state index is 0.312. The molecule has 4 aromatic carbocycles. The van der Waals surface area contributed by atoms with Gasteiger partial charge >= 0.3 is 5.97 Å². The van der Waals surface area contributed by atoms with Crippen molar-refractivity contribution in [1.82, 2.24) is 0 Å². The Bertz CT molecular complexity index is 1260. The summed E-state index contributed by atoms with van der Waals surface area (Å²) in [5.74, 6) is 0.432. The monoisotopic (exact) mass is 453 g/mol. The van der Waals surface area contributed by atoms with Gasteiger partial charge in [-0.3, -0.25) is 9.69 Å². The third kappa shape index (κ3) is 4.47. The molecule has 0 spiro atoms. The normalized spacial score (nSPS) is 11.8. The zero-order valence-corrected chi connectivity index (χ0v) is 18.3. The molecule has 0 N–H and O–H groups in total. The van der Waals surface area contributed by atoms with E-state index in [1.807, 2.05) is 78.9 Å². The van der Waals surface area contributed by atoms with E-state index in [1.165, 1.54) is 0 Å². The number of rotatable bonds is 5. The number of ether oxygens (including phenoxy) is 2. The number of carbonyl (C=O) groups excluding carboxylic acids is 2. The molecule has 6 heteroatoms. The van der Waals surface area contributed by atoms with Gasteiger partial charge in [0.2, 0.25) is 0 Å². The minimum Gasteiger partial charge on any atom is -0.457 e. The molecular formula is C27H19NO4S. The van der Waals surface area contributed by atoms with E-state index in [4.69, 9.17) is 9.47 Å². The molecule has 0 radical (unpaired) electrons. The third-order valence-electron chi connectivity index (χ3n) is 5.08. The summed E-state index contributed by atoms with van der Waals surface area (Å²) >= 11 is 1.61. The van der Waals surface area contributed by atoms with E-state index in [0.29, 0.717) is 17.1 Å². The highest BCUT2D eigenvalue weighted by Crippen LogP contribution is 2.47. The first-order valence-corrected chi connectivity index (χ1v) is 11.2. The average molecular weight is 454 g/mol. The molecule has 4 aromatic rings. The molecule has 1 aliphatic heterocycles. The molecule has 0 fully saturated rings. The first kappa shape index (κ1) is 20.8. The summed E-state index contributed by atoms with van der Waals surface area (Å²) in [5, 5.41) is 0. The van der Waals surface area contributed by atoms with Gasteiger partial charge in [-0.1, -0.05) is 54.2 Å². The highest BCUT2D eigenvalue weighted by atomic mass is 32.2. The molecular weight excluding hydrogens is 434 g/mol. The number of carbonyl (C=O) groups is 2. The fraction of sp³-hybridized carbons (Fsp3) is 0.0370. The molecule has 1 aliphatic rings. The number of anilines is 2. The van der Waals surface area contributed by atoms with Crippen molar-refractivity contribution in [3.8, 4) is 11.5 Å². The maximum Gasteiger partial charge on any atom is 0.338 e. The van der Waals surface area contributed by atoms with Crippen molar-refractivity contribution in [2.45, 2.75) is 9.79 Å². The minimum atomic E-state index is -0.567. The van der Waals surface area contributed by atoms with Gasteiger partial charge in [-0.2, -0.15) is 0 Å². The molecule has 0 unspecified atom stereocenters. The van der Waals surface area contributed by atoms with Crippen LogP contribution in [0.1, 0.15) is 10.4 Å². The number of hydrogen-bond acceptors (Lipinski definition) is 5. The topological polar surface area (TPSA) is 55.8 Å². The third-order valence-corrected chi connectivity index (χ3v) is 6.21. The van der Waals surface area contributed by atoms with Crippen molar-refractivity contribution < 1.29 is 19.1 Å². The van der Waals surface area contributed by atoms with Gasteiger partial charge in [0.25, 0.3) is 5.91 Å². The van der Waals surface area contributed by atoms with Gasteiger partial charge in [-0.15, -0.1) is 0 Å². The SMILES string of the molecule is O=C(OCC(=O)N1c2ccccc2Sc2ccccc21)c1ccc(Oc2ccccc2)cc1. The van der Waals surface area contributed by atoms with Crippen molar-refractivity contribution in [2.24, 2.45) is 0 Å². The maximum absolute atomic E-state index is 13.1. The number of hydrogen-bond donors (Lipinski definition) is 0. The van der Waals surface area contributed by atoms with E-state index < -0.39 is 5.97 Å². The summed E-state index contributed by atoms with van der Waals surface area (Å²) in [4.78, 5) is 29.3. The van der Waals surface area contributed by atoms with Gasteiger partial charge in [-0.05, 0) is 60.7 Å². The van der Waals surface area contributed by atoms with E-state index in [0.717, 1.165) is 21.2 Å². The summed E-state index contributed by atoms with van der Waals surface area (Å²) in [6.07, 6.45) is 0. The molecule has 1 amide bonds. The van der Waals surface area contributed by atoms with Crippen LogP contribution in [-0.2, 0) is 9.53 Å². The second kappa shape index (κ2) is 9.22. The Morgan fingerprint density at radius 1 is 0.667 bits per heavy atom. The molecule has 0 atom stereocenters. The molecule has 0 saturated carbocycles. The highest BCUT2D eigenvalue weighted by molar-refractivity contribution is 7.99. The number of nitrogens with zero attached hydrogens (tertiary/aromatic N) is 1. The van der Waals surface area contributed by atoms with Gasteiger partial charge in [0.15, 0.2) is 6.61 Å². The van der Waals surface area contributed by atoms with Crippen LogP contribution in [0, 0.1) is 0 Å². The number of fused-ring (bicyclic) bond motifs is 2. The predicted octanol–water partition coefficient (Wildman–Crippen LogP) is 6.47. The number of amides is 1. The molecule has 0 saturated heterocycles. The molecule has 5 rings (SSSR count). The fourth-order valence-corrected chi connectivity index (χ4v) is 4.59. The van der Waals surface area contributed by atoms with Crippen LogP contribution in [0.2, 0.25) is 0 Å². The van der Waals surface area contributed by atoms with Gasteiger partial charge in [0, 0.05) is 9.79 Å². The van der Waals surface area contributed by atoms with E-state index in [2.05, 4.69) is 0 Å². The van der Waals surface area contributed by atoms with Gasteiger partial charge < -0.3 is 9.47 Å². The molecule has 33 heavy (non-hydrogen) atoms. The van der Waals surface area contributed by atoms with E-state index >= 15 is 0 Å². The zero-order valence-electron chi connectivity index (χ0n) is 17.5. The number of benzene rings is 4. The lowest BCUT2D eigenvalue weighted by Gasteiger charge is -2.30. The summed E-state index contributed by atoms with van der Waals surface area (Å²) in [6.45, 7) is -0.367. The smallest absolute Gasteiger partial charge is 0.338 e. The van der Waals surface area contributed by atoms with E-state index in [9.17, 15) is 9.59 Å². The Labute approximate surface area is 195 Å². The summed E-state index contributed by atoms with van der Waals surface area (Å²) in [5.41, 5.74) is 1.91. The van der Waals surface area contributed by atoms with Gasteiger partial charge in [-0.25, -0.2) is 4.79 Å². The molecule has 0 bridgehead atoms. The predicted molar refractivity (Wildman–Crippen MR) is 127 cm³/mol. The Morgan fingerprint density at radius 2 is 1.21 bits per heavy atom. The molecule has 5 nitrogen and oxygen atoms in total. The lowest BCUT2D eigenvalue weighted by Crippen LogP contribution is -2.32. The zero-order chi connectivity index (χ0) is 22.6. The maximum atomic E-state index is 13.1. The first-order chi connectivity index (χ1) is 16.2. The Balaban J connectivity index is 1.27. The van der Waals surface area contributed by atoms with Crippen LogP contribution < -0.4 is 9.64 Å². The Hall–Kier alpha value is -4.03. The highest BCUT2D eigenvalue weighted by Gasteiger charge is 2.28. The van der Waals surface area contributed by atoms with E-state index in [1.54, 1.807) is 40.9 Å². The molecule has 0 aromatic heterocycles. The van der Waals surface area contributed by atoms with Crippen LogP contribution in [-0.4, -0.2) is 18.5 Å². The number of esters is 1. The molecule has 0 aliphatic carbocycles. The van der Waals surface area contributed by atoms with Gasteiger partial charge in [0.05, 0.1) is 16.9 Å². The van der Waals surface area contributed by atoms with E-state index in [-0.39, 0.29) is 12.5 Å². The average Bonchev–Trinajstić information content (AvgIpc) is 2.86. The summed E-state index contributed by atoms with van der Waals surface area (Å²) in [7, 11) is 0. The first-order valence-electron chi connectivity index (χ1n) is 10.4. The lowest BCUT2D eigenvalue weighted by molar-refractivity contribution is -0.121. The van der Waals surface area contributed by atoms with Crippen LogP contribution in [0.15, 0.2) is 113 Å². The summed E-state index contributed by atoms with van der Waals surface area (Å²) in [6, 6.07) is 31.4. The summed E-state index contributed by atoms with van der Waals surface area (Å²) < 4.78 is 11.1. The second-order valence-electron chi connectivity index (χ2n) is 7.28. The molecule has 1 heterocycles. The van der Waals surface area contributed by atoms with Crippen molar-refractivity contribution in [3.63, 3.8) is 0 Å². The Morgan fingerprint density at radius 3 is 1.85 bits per heavy atom. The van der Waals surface area contributed by atoms with Crippen LogP contribution >= 0.6 is 11.8 Å². The largest absolute Gasteiger partial charge is 0.457 e. The lowest BCUT2D eigenvalue weighted by atomic mass is 10.2. The van der Waals surface area contributed by atoms with Crippen LogP contribution in [0.5, 0.6) is 11.5 Å². The molecule has 162 valence electrons. The Kier molecular flexibility index (Phi) is 5.83. The van der Waals surface area contributed by atoms with Crippen LogP contribution in [0.3, 0.4) is 0 Å². The van der Waals surface area contributed by atoms with Crippen molar-refractivity contribution in [1.29, 1.82) is 0 Å². The van der Waals surface area contributed by atoms with Crippen LogP contribution in [0.4, 0.5) is 11.4 Å². The number of para-hydroxylation sites is 3. The van der Waals surface area contributed by atoms with Crippen LogP contribution in [0.25, 0.3) is 0 Å². The van der Waals surface area contributed by atoms with Gasteiger partial charge in [0.1, 0.15) is 11.5 Å².